The fourth-order valence-electron chi connectivity index (χ4n) is 0.949. The summed E-state index contributed by atoms with van der Waals surface area (Å²) in [6, 6.07) is 6.55. The number of carboxylic acid groups (broad SMARTS) is 1. The summed E-state index contributed by atoms with van der Waals surface area (Å²) in [4.78, 5) is 11.3. The van der Waals surface area contributed by atoms with E-state index in [1.807, 2.05) is 0 Å². The van der Waals surface area contributed by atoms with Gasteiger partial charge in [-0.25, -0.2) is 0 Å². The van der Waals surface area contributed by atoms with Crippen molar-refractivity contribution in [1.29, 1.82) is 0 Å². The standard InChI is InChI=1S/C10H11ClO3S/c1-10(2,9(12)13)15(14)8-6-4-3-5-7(8)11/h3-6H,1-2H3,(H,12,13). The van der Waals surface area contributed by atoms with Crippen LogP contribution < -0.4 is 0 Å². The highest BCUT2D eigenvalue weighted by Crippen LogP contribution is 2.26. The first-order valence-corrected chi connectivity index (χ1v) is 5.80. The molecule has 1 unspecified atom stereocenters. The minimum absolute atomic E-state index is 0.324. The van der Waals surface area contributed by atoms with Crippen molar-refractivity contribution in [3.8, 4) is 0 Å². The zero-order valence-corrected chi connectivity index (χ0v) is 9.93. The molecule has 5 heteroatoms. The van der Waals surface area contributed by atoms with Gasteiger partial charge in [0.05, 0.1) is 20.7 Å². The first-order valence-electron chi connectivity index (χ1n) is 4.27. The first kappa shape index (κ1) is 12.2. The molecule has 82 valence electrons. The molecule has 0 radical (unpaired) electrons. The van der Waals surface area contributed by atoms with E-state index in [1.54, 1.807) is 24.3 Å². The monoisotopic (exact) mass is 246 g/mol. The second-order valence-electron chi connectivity index (χ2n) is 3.51. The van der Waals surface area contributed by atoms with E-state index >= 15 is 0 Å². The molecule has 1 aromatic carbocycles. The molecule has 0 amide bonds. The van der Waals surface area contributed by atoms with Crippen LogP contribution in [0, 0.1) is 0 Å². The molecule has 3 nitrogen and oxygen atoms in total. The van der Waals surface area contributed by atoms with Gasteiger partial charge in [-0.15, -0.1) is 0 Å². The molecule has 0 heterocycles. The minimum Gasteiger partial charge on any atom is -0.480 e. The molecule has 1 N–H and O–H groups in total. The summed E-state index contributed by atoms with van der Waals surface area (Å²) in [6.45, 7) is 2.82. The van der Waals surface area contributed by atoms with Crippen molar-refractivity contribution >= 4 is 28.4 Å². The third-order valence-corrected chi connectivity index (χ3v) is 4.31. The van der Waals surface area contributed by atoms with Crippen LogP contribution in [-0.2, 0) is 15.6 Å². The van der Waals surface area contributed by atoms with Gasteiger partial charge in [0.2, 0.25) is 0 Å². The Morgan fingerprint density at radius 1 is 1.40 bits per heavy atom. The lowest BCUT2D eigenvalue weighted by Gasteiger charge is -2.18. The molecule has 1 aromatic rings. The van der Waals surface area contributed by atoms with Crippen LogP contribution in [-0.4, -0.2) is 20.0 Å². The Balaban J connectivity index is 3.16. The number of hydrogen-bond donors (Lipinski definition) is 1. The van der Waals surface area contributed by atoms with E-state index in [-0.39, 0.29) is 0 Å². The lowest BCUT2D eigenvalue weighted by Crippen LogP contribution is -2.36. The molecular formula is C10H11ClO3S. The Bertz CT molecular complexity index is 415. The molecule has 0 fully saturated rings. The van der Waals surface area contributed by atoms with Crippen molar-refractivity contribution in [2.45, 2.75) is 23.5 Å². The molecule has 1 rings (SSSR count). The highest BCUT2D eigenvalue weighted by atomic mass is 35.5. The number of carbonyl (C=O) groups is 1. The van der Waals surface area contributed by atoms with E-state index in [2.05, 4.69) is 0 Å². The lowest BCUT2D eigenvalue weighted by atomic mass is 10.2. The molecule has 0 aliphatic heterocycles. The van der Waals surface area contributed by atoms with Gasteiger partial charge in [0.1, 0.15) is 4.75 Å². The van der Waals surface area contributed by atoms with Crippen molar-refractivity contribution in [1.82, 2.24) is 0 Å². The third kappa shape index (κ3) is 2.38. The fraction of sp³-hybridized carbons (Fsp3) is 0.300. The lowest BCUT2D eigenvalue weighted by molar-refractivity contribution is -0.139. The molecule has 0 saturated carbocycles. The Hall–Kier alpha value is -0.870. The topological polar surface area (TPSA) is 54.4 Å². The zero-order valence-electron chi connectivity index (χ0n) is 8.36. The number of carboxylic acids is 1. The molecule has 15 heavy (non-hydrogen) atoms. The third-order valence-electron chi connectivity index (χ3n) is 2.01. The van der Waals surface area contributed by atoms with Crippen molar-refractivity contribution in [3.05, 3.63) is 29.3 Å². The maximum absolute atomic E-state index is 12.0. The number of halogens is 1. The number of hydrogen-bond acceptors (Lipinski definition) is 2. The molecule has 0 bridgehead atoms. The highest BCUT2D eigenvalue weighted by molar-refractivity contribution is 7.87. The number of rotatable bonds is 3. The van der Waals surface area contributed by atoms with Crippen molar-refractivity contribution < 1.29 is 14.1 Å². The largest absolute Gasteiger partial charge is 0.480 e. The van der Waals surface area contributed by atoms with Crippen LogP contribution in [0.3, 0.4) is 0 Å². The molecule has 0 aliphatic carbocycles. The fourth-order valence-corrected chi connectivity index (χ4v) is 2.45. The summed E-state index contributed by atoms with van der Waals surface area (Å²) in [5, 5.41) is 9.25. The van der Waals surface area contributed by atoms with Gasteiger partial charge in [-0.05, 0) is 26.0 Å². The molecule has 0 spiro atoms. The average molecular weight is 247 g/mol. The van der Waals surface area contributed by atoms with E-state index in [0.29, 0.717) is 9.92 Å². The summed E-state index contributed by atoms with van der Waals surface area (Å²) in [7, 11) is -1.67. The van der Waals surface area contributed by atoms with Crippen LogP contribution in [0.25, 0.3) is 0 Å². The van der Waals surface area contributed by atoms with Crippen molar-refractivity contribution in [3.63, 3.8) is 0 Å². The SMILES string of the molecule is CC(C)(C(=O)O)S(=O)c1ccccc1Cl. The maximum Gasteiger partial charge on any atom is 0.322 e. The Morgan fingerprint density at radius 2 is 1.93 bits per heavy atom. The van der Waals surface area contributed by atoms with E-state index in [4.69, 9.17) is 16.7 Å². The van der Waals surface area contributed by atoms with E-state index in [9.17, 15) is 9.00 Å². The van der Waals surface area contributed by atoms with Gasteiger partial charge in [0.15, 0.2) is 0 Å². The molecule has 1 atom stereocenters. The van der Waals surface area contributed by atoms with Crippen LogP contribution in [0.15, 0.2) is 29.2 Å². The predicted octanol–water partition coefficient (Wildman–Crippen LogP) is 2.31. The molecular weight excluding hydrogens is 236 g/mol. The van der Waals surface area contributed by atoms with Crippen molar-refractivity contribution in [2.75, 3.05) is 0 Å². The van der Waals surface area contributed by atoms with Crippen molar-refractivity contribution in [2.24, 2.45) is 0 Å². The second kappa shape index (κ2) is 4.33. The zero-order chi connectivity index (χ0) is 11.6. The van der Waals surface area contributed by atoms with Gasteiger partial charge >= 0.3 is 5.97 Å². The summed E-state index contributed by atoms with van der Waals surface area (Å²) < 4.78 is 10.6. The predicted molar refractivity (Wildman–Crippen MR) is 59.6 cm³/mol. The van der Waals surface area contributed by atoms with Crippen LogP contribution >= 0.6 is 11.6 Å². The maximum atomic E-state index is 12.0. The van der Waals surface area contributed by atoms with Crippen LogP contribution in [0.2, 0.25) is 5.02 Å². The summed E-state index contributed by atoms with van der Waals surface area (Å²) in [6.07, 6.45) is 0. The van der Waals surface area contributed by atoms with E-state index < -0.39 is 21.5 Å². The Labute approximate surface area is 95.5 Å². The minimum atomic E-state index is -1.67. The molecule has 0 aliphatic rings. The summed E-state index contributed by atoms with van der Waals surface area (Å²) >= 11 is 5.84. The van der Waals surface area contributed by atoms with Gasteiger partial charge in [-0.1, -0.05) is 23.7 Å². The van der Waals surface area contributed by atoms with Gasteiger partial charge in [0, 0.05) is 0 Å². The highest BCUT2D eigenvalue weighted by Gasteiger charge is 2.36. The van der Waals surface area contributed by atoms with Gasteiger partial charge < -0.3 is 5.11 Å². The molecule has 0 aromatic heterocycles. The number of aliphatic carboxylic acids is 1. The average Bonchev–Trinajstić information content (AvgIpc) is 2.17. The normalized spacial score (nSPS) is 13.5. The van der Waals surface area contributed by atoms with Gasteiger partial charge in [-0.3, -0.25) is 9.00 Å². The Morgan fingerprint density at radius 3 is 2.40 bits per heavy atom. The van der Waals surface area contributed by atoms with Gasteiger partial charge in [0.25, 0.3) is 0 Å². The first-order chi connectivity index (χ1) is 6.87. The Kier molecular flexibility index (Phi) is 3.52. The van der Waals surface area contributed by atoms with E-state index in [0.717, 1.165) is 0 Å². The van der Waals surface area contributed by atoms with E-state index in [1.165, 1.54) is 13.8 Å². The summed E-state index contributed by atoms with van der Waals surface area (Å²) in [5.74, 6) is -1.11. The summed E-state index contributed by atoms with van der Waals surface area (Å²) in [5.41, 5.74) is 0. The molecule has 0 saturated heterocycles. The van der Waals surface area contributed by atoms with Crippen LogP contribution in [0.1, 0.15) is 13.8 Å². The smallest absolute Gasteiger partial charge is 0.322 e. The van der Waals surface area contributed by atoms with Crippen LogP contribution in [0.4, 0.5) is 0 Å². The second-order valence-corrected chi connectivity index (χ2v) is 5.92. The van der Waals surface area contributed by atoms with Crippen LogP contribution in [0.5, 0.6) is 0 Å². The van der Waals surface area contributed by atoms with Gasteiger partial charge in [-0.2, -0.15) is 0 Å². The quantitative estimate of drug-likeness (QED) is 0.891. The number of benzene rings is 1.